The smallest absolute Gasteiger partial charge is 0.416 e. The fraction of sp³-hybridized carbons (Fsp3) is 0.467. The van der Waals surface area contributed by atoms with Gasteiger partial charge in [0.15, 0.2) is 0 Å². The summed E-state index contributed by atoms with van der Waals surface area (Å²) in [5.41, 5.74) is 1.19. The third kappa shape index (κ3) is 6.43. The molecule has 0 aliphatic carbocycles. The summed E-state index contributed by atoms with van der Waals surface area (Å²) in [6.45, 7) is 9.84. The number of aryl methyl sites for hydroxylation is 1. The number of halogens is 3. The van der Waals surface area contributed by atoms with Crippen molar-refractivity contribution in [1.82, 2.24) is 14.8 Å². The average Bonchev–Trinajstić information content (AvgIpc) is 3.46. The van der Waals surface area contributed by atoms with E-state index >= 15 is 0 Å². The lowest BCUT2D eigenvalue weighted by molar-refractivity contribution is -0.137. The van der Waals surface area contributed by atoms with Gasteiger partial charge in [-0.3, -0.25) is 9.88 Å². The Hall–Kier alpha value is -3.53. The van der Waals surface area contributed by atoms with Gasteiger partial charge in [0.05, 0.1) is 17.7 Å². The van der Waals surface area contributed by atoms with E-state index in [0.29, 0.717) is 24.3 Å². The first-order chi connectivity index (χ1) is 18.9. The van der Waals surface area contributed by atoms with Gasteiger partial charge in [0.1, 0.15) is 11.4 Å². The van der Waals surface area contributed by atoms with Crippen molar-refractivity contribution >= 4 is 28.4 Å². The molecular weight excluding hydrogens is 521 g/mol. The number of fused-ring (bicyclic) bond motifs is 3. The Bertz CT molecular complexity index is 1390. The van der Waals surface area contributed by atoms with Gasteiger partial charge in [-0.15, -0.1) is 0 Å². The molecule has 2 aliphatic heterocycles. The predicted octanol–water partition coefficient (Wildman–Crippen LogP) is 6.77. The molecule has 2 fully saturated rings. The Morgan fingerprint density at radius 1 is 1.07 bits per heavy atom. The summed E-state index contributed by atoms with van der Waals surface area (Å²) in [4.78, 5) is 21.1. The number of aromatic nitrogens is 1. The number of carbonyl (C=O) groups is 1. The van der Waals surface area contributed by atoms with Crippen LogP contribution >= 0.6 is 0 Å². The number of likely N-dealkylation sites (tertiary alicyclic amines) is 2. The molecule has 2 aromatic carbocycles. The summed E-state index contributed by atoms with van der Waals surface area (Å²) in [5.74, 6) is 0.159. The lowest BCUT2D eigenvalue weighted by Crippen LogP contribution is -2.50. The van der Waals surface area contributed by atoms with E-state index in [1.54, 1.807) is 6.07 Å². The van der Waals surface area contributed by atoms with Gasteiger partial charge in [-0.05, 0) is 64.8 Å². The molecule has 2 unspecified atom stereocenters. The number of carbonyl (C=O) groups excluding carboxylic acids is 1. The van der Waals surface area contributed by atoms with Crippen molar-refractivity contribution in [2.45, 2.75) is 64.4 Å². The monoisotopic (exact) mass is 556 g/mol. The van der Waals surface area contributed by atoms with Gasteiger partial charge in [-0.1, -0.05) is 18.2 Å². The van der Waals surface area contributed by atoms with Gasteiger partial charge in [-0.2, -0.15) is 13.2 Å². The summed E-state index contributed by atoms with van der Waals surface area (Å²) < 4.78 is 52.5. The maximum atomic E-state index is 13.7. The fourth-order valence-corrected chi connectivity index (χ4v) is 5.51. The molecule has 214 valence electrons. The van der Waals surface area contributed by atoms with Gasteiger partial charge in [0.2, 0.25) is 0 Å². The zero-order valence-electron chi connectivity index (χ0n) is 23.2. The number of hydrogen-bond donors (Lipinski definition) is 1. The maximum absolute atomic E-state index is 13.7. The first-order valence-corrected chi connectivity index (χ1v) is 13.6. The molecule has 40 heavy (non-hydrogen) atoms. The molecule has 0 radical (unpaired) electrons. The molecular formula is C30H35F3N4O3. The third-order valence-electron chi connectivity index (χ3n) is 7.20. The van der Waals surface area contributed by atoms with Gasteiger partial charge >= 0.3 is 12.3 Å². The van der Waals surface area contributed by atoms with E-state index in [1.807, 2.05) is 62.9 Å². The number of piperazine rings is 1. The lowest BCUT2D eigenvalue weighted by atomic mass is 10.1. The number of amides is 1. The lowest BCUT2D eigenvalue weighted by Gasteiger charge is -2.35. The van der Waals surface area contributed by atoms with Crippen molar-refractivity contribution in [2.24, 2.45) is 0 Å². The summed E-state index contributed by atoms with van der Waals surface area (Å²) in [6, 6.07) is 13.4. The third-order valence-corrected chi connectivity index (χ3v) is 7.20. The van der Waals surface area contributed by atoms with Crippen LogP contribution in [-0.4, -0.2) is 64.8 Å². The highest BCUT2D eigenvalue weighted by Crippen LogP contribution is 2.36. The van der Waals surface area contributed by atoms with E-state index < -0.39 is 17.3 Å². The number of nitrogens with zero attached hydrogens (tertiary/aromatic N) is 3. The molecule has 0 saturated carbocycles. The van der Waals surface area contributed by atoms with Crippen LogP contribution in [0.15, 0.2) is 48.5 Å². The van der Waals surface area contributed by atoms with Crippen LogP contribution in [0.5, 0.6) is 5.75 Å². The van der Waals surface area contributed by atoms with Gasteiger partial charge in [0, 0.05) is 60.2 Å². The first kappa shape index (κ1) is 28.0. The highest BCUT2D eigenvalue weighted by Gasteiger charge is 2.46. The van der Waals surface area contributed by atoms with E-state index in [0.717, 1.165) is 48.2 Å². The van der Waals surface area contributed by atoms with Gasteiger partial charge in [0.25, 0.3) is 0 Å². The average molecular weight is 557 g/mol. The Labute approximate surface area is 232 Å². The van der Waals surface area contributed by atoms with Crippen molar-refractivity contribution < 1.29 is 27.4 Å². The van der Waals surface area contributed by atoms with Crippen molar-refractivity contribution in [3.05, 3.63) is 59.8 Å². The Morgan fingerprint density at radius 2 is 1.85 bits per heavy atom. The highest BCUT2D eigenvalue weighted by molar-refractivity contribution is 5.93. The zero-order chi connectivity index (χ0) is 28.7. The summed E-state index contributed by atoms with van der Waals surface area (Å²) in [7, 11) is 0. The van der Waals surface area contributed by atoms with Crippen LogP contribution in [0, 0.1) is 6.92 Å². The van der Waals surface area contributed by atoms with Crippen LogP contribution in [0.3, 0.4) is 0 Å². The second kappa shape index (κ2) is 10.8. The van der Waals surface area contributed by atoms with Crippen molar-refractivity contribution in [3.63, 3.8) is 0 Å². The molecule has 0 spiro atoms. The van der Waals surface area contributed by atoms with Crippen molar-refractivity contribution in [1.29, 1.82) is 0 Å². The number of alkyl halides is 3. The number of rotatable bonds is 7. The molecule has 10 heteroatoms. The number of hydrogen-bond acceptors (Lipinski definition) is 6. The van der Waals surface area contributed by atoms with E-state index in [1.165, 1.54) is 0 Å². The molecule has 1 aromatic heterocycles. The van der Waals surface area contributed by atoms with Crippen LogP contribution in [-0.2, 0) is 10.9 Å². The minimum atomic E-state index is -4.51. The molecule has 7 nitrogen and oxygen atoms in total. The fourth-order valence-electron chi connectivity index (χ4n) is 5.51. The summed E-state index contributed by atoms with van der Waals surface area (Å²) in [5, 5.41) is 3.97. The van der Waals surface area contributed by atoms with E-state index in [4.69, 9.17) is 9.47 Å². The molecule has 3 aromatic rings. The molecule has 1 amide bonds. The Balaban J connectivity index is 1.20. The number of para-hydroxylation sites is 1. The molecule has 2 saturated heterocycles. The largest absolute Gasteiger partial charge is 0.493 e. The van der Waals surface area contributed by atoms with E-state index in [2.05, 4.69) is 15.2 Å². The number of nitrogens with one attached hydrogen (secondary N) is 1. The minimum absolute atomic E-state index is 0.130. The van der Waals surface area contributed by atoms with Crippen molar-refractivity contribution in [3.8, 4) is 5.75 Å². The first-order valence-electron chi connectivity index (χ1n) is 13.6. The van der Waals surface area contributed by atoms with Crippen LogP contribution < -0.4 is 10.1 Å². The second-order valence-corrected chi connectivity index (χ2v) is 11.6. The highest BCUT2D eigenvalue weighted by atomic mass is 19.4. The number of benzene rings is 2. The minimum Gasteiger partial charge on any atom is -0.493 e. The van der Waals surface area contributed by atoms with Gasteiger partial charge in [-0.25, -0.2) is 4.79 Å². The van der Waals surface area contributed by atoms with E-state index in [-0.39, 0.29) is 30.5 Å². The quantitative estimate of drug-likeness (QED) is 0.324. The van der Waals surface area contributed by atoms with Crippen molar-refractivity contribution in [2.75, 3.05) is 31.6 Å². The summed E-state index contributed by atoms with van der Waals surface area (Å²) in [6.07, 6.45) is -3.22. The van der Waals surface area contributed by atoms with Gasteiger partial charge < -0.3 is 19.7 Å². The van der Waals surface area contributed by atoms with Crippen LogP contribution in [0.1, 0.15) is 44.9 Å². The molecule has 2 bridgehead atoms. The summed E-state index contributed by atoms with van der Waals surface area (Å²) >= 11 is 0. The Morgan fingerprint density at radius 3 is 2.55 bits per heavy atom. The normalized spacial score (nSPS) is 19.3. The molecule has 3 heterocycles. The zero-order valence-corrected chi connectivity index (χ0v) is 23.2. The number of pyridine rings is 1. The second-order valence-electron chi connectivity index (χ2n) is 11.6. The number of ether oxygens (including phenoxy) is 2. The maximum Gasteiger partial charge on any atom is 0.416 e. The molecule has 1 N–H and O–H groups in total. The Kier molecular flexibility index (Phi) is 7.56. The number of anilines is 2. The standard InChI is InChI=1S/C30H35F3N4O3/c1-19-12-27(25-8-5-6-9-26(25)34-19)35-21-13-20(30(31,32)33)14-24(15-21)39-11-7-10-36-17-23-16-22(36)18-37(23)28(38)40-29(2,3)4/h5-6,8-9,12-15,22-23H,7,10-11,16-18H2,1-4H3,(H,34,35). The molecule has 5 rings (SSSR count). The molecule has 2 atom stereocenters. The van der Waals surface area contributed by atoms with Crippen LogP contribution in [0.4, 0.5) is 29.3 Å². The topological polar surface area (TPSA) is 66.9 Å². The molecule has 2 aliphatic rings. The van der Waals surface area contributed by atoms with Crippen LogP contribution in [0.2, 0.25) is 0 Å². The van der Waals surface area contributed by atoms with Crippen LogP contribution in [0.25, 0.3) is 10.9 Å². The SMILES string of the molecule is Cc1cc(Nc2cc(OCCCN3CC4CC3CN4C(=O)OC(C)(C)C)cc(C(F)(F)F)c2)c2ccccc2n1. The van der Waals surface area contributed by atoms with E-state index in [9.17, 15) is 18.0 Å². The predicted molar refractivity (Wildman–Crippen MR) is 148 cm³/mol.